The molecule has 0 saturated heterocycles. The Labute approximate surface area is 269 Å². The third-order valence-electron chi connectivity index (χ3n) is 9.27. The Morgan fingerprint density at radius 1 is 0.543 bits per heavy atom. The van der Waals surface area contributed by atoms with E-state index < -0.39 is 0 Å². The van der Waals surface area contributed by atoms with Crippen LogP contribution in [0, 0.1) is 6.92 Å². The molecule has 0 aliphatic carbocycles. The second-order valence-electron chi connectivity index (χ2n) is 12.0. The van der Waals surface area contributed by atoms with Crippen LogP contribution in [-0.4, -0.2) is 15.0 Å². The van der Waals surface area contributed by atoms with Crippen LogP contribution in [0.25, 0.3) is 66.4 Å². The second kappa shape index (κ2) is 11.7. The fourth-order valence-electron chi connectivity index (χ4n) is 6.80. The third-order valence-corrected chi connectivity index (χ3v) is 9.27. The van der Waals surface area contributed by atoms with Gasteiger partial charge >= 0.3 is 0 Å². The molecule has 0 bridgehead atoms. The first-order valence-electron chi connectivity index (χ1n) is 16.0. The molecule has 220 valence electrons. The molecule has 8 aromatic rings. The van der Waals surface area contributed by atoms with E-state index in [0.29, 0.717) is 5.92 Å². The van der Waals surface area contributed by atoms with Gasteiger partial charge in [0.15, 0.2) is 0 Å². The Morgan fingerprint density at radius 2 is 1.17 bits per heavy atom. The Balaban J connectivity index is 1.14. The van der Waals surface area contributed by atoms with Crippen LogP contribution >= 0.6 is 0 Å². The van der Waals surface area contributed by atoms with E-state index in [-0.39, 0.29) is 0 Å². The van der Waals surface area contributed by atoms with Crippen LogP contribution in [-0.2, 0) is 0 Å². The molecule has 46 heavy (non-hydrogen) atoms. The molecule has 1 atom stereocenters. The molecule has 0 radical (unpaired) electrons. The first kappa shape index (κ1) is 27.8. The van der Waals surface area contributed by atoms with E-state index in [2.05, 4.69) is 134 Å². The summed E-state index contributed by atoms with van der Waals surface area (Å²) >= 11 is 0. The molecule has 0 amide bonds. The van der Waals surface area contributed by atoms with Crippen LogP contribution in [0.1, 0.15) is 36.0 Å². The Morgan fingerprint density at radius 3 is 1.87 bits per heavy atom. The molecule has 0 N–H and O–H groups in total. The molecule has 3 aromatic heterocycles. The van der Waals surface area contributed by atoms with Gasteiger partial charge in [0.1, 0.15) is 0 Å². The highest BCUT2D eigenvalue weighted by Gasteiger charge is 2.18. The molecule has 0 aliphatic heterocycles. The highest BCUT2D eigenvalue weighted by Crippen LogP contribution is 2.36. The molecule has 1 unspecified atom stereocenters. The molecular weight excluding hydrogens is 558 g/mol. The fourth-order valence-corrected chi connectivity index (χ4v) is 6.80. The topological polar surface area (TPSA) is 38.7 Å². The van der Waals surface area contributed by atoms with Crippen molar-refractivity contribution < 1.29 is 0 Å². The summed E-state index contributed by atoms with van der Waals surface area (Å²) in [5.41, 5.74) is 13.5. The summed E-state index contributed by atoms with van der Waals surface area (Å²) in [6.45, 7) is 4.53. The molecular formula is C43H33N3. The van der Waals surface area contributed by atoms with Crippen LogP contribution in [0.5, 0.6) is 0 Å². The lowest BCUT2D eigenvalue weighted by molar-refractivity contribution is 0.772. The molecule has 8 rings (SSSR count). The third kappa shape index (κ3) is 5.00. The monoisotopic (exact) mass is 591 g/mol. The zero-order valence-electron chi connectivity index (χ0n) is 26.0. The van der Waals surface area contributed by atoms with Gasteiger partial charge in [0, 0.05) is 39.4 Å². The minimum atomic E-state index is 0.293. The van der Waals surface area contributed by atoms with E-state index in [9.17, 15) is 0 Å². The highest BCUT2D eigenvalue weighted by atomic mass is 14.8. The molecule has 3 heteroatoms. The lowest BCUT2D eigenvalue weighted by Crippen LogP contribution is -2.03. The summed E-state index contributed by atoms with van der Waals surface area (Å²) in [5, 5.41) is 3.35. The summed E-state index contributed by atoms with van der Waals surface area (Å²) < 4.78 is 0. The van der Waals surface area contributed by atoms with E-state index in [4.69, 9.17) is 9.97 Å². The number of nitrogens with zero attached hydrogens (tertiary/aromatic N) is 3. The summed E-state index contributed by atoms with van der Waals surface area (Å²) in [6.07, 6.45) is 2.87. The molecule has 3 heterocycles. The van der Waals surface area contributed by atoms with Crippen molar-refractivity contribution in [2.24, 2.45) is 0 Å². The number of hydrogen-bond donors (Lipinski definition) is 0. The first-order valence-corrected chi connectivity index (χ1v) is 16.0. The number of fused-ring (bicyclic) bond motifs is 4. The van der Waals surface area contributed by atoms with Crippen molar-refractivity contribution in [1.29, 1.82) is 0 Å². The number of rotatable bonds is 6. The Kier molecular flexibility index (Phi) is 7.07. The summed E-state index contributed by atoms with van der Waals surface area (Å²) in [4.78, 5) is 14.8. The normalized spacial score (nSPS) is 12.1. The van der Waals surface area contributed by atoms with E-state index in [1.807, 2.05) is 30.5 Å². The predicted molar refractivity (Wildman–Crippen MR) is 192 cm³/mol. The second-order valence-corrected chi connectivity index (χ2v) is 12.0. The van der Waals surface area contributed by atoms with Gasteiger partial charge in [-0.15, -0.1) is 0 Å². The number of aromatic nitrogens is 3. The SMILES string of the molecule is CCC(c1ccc(-c2ccc3ccc4ccc(-c5ccccc5)nc4c3n2)cc1)c1cccc(-c2ccc3cccnc3c2)c1C. The zero-order chi connectivity index (χ0) is 31.0. The van der Waals surface area contributed by atoms with Gasteiger partial charge in [0.25, 0.3) is 0 Å². The zero-order valence-corrected chi connectivity index (χ0v) is 26.0. The molecule has 0 aliphatic rings. The van der Waals surface area contributed by atoms with Gasteiger partial charge in [0.05, 0.1) is 27.9 Å². The molecule has 0 saturated carbocycles. The fraction of sp³-hybridized carbons (Fsp3) is 0.0930. The summed E-state index contributed by atoms with van der Waals surface area (Å²) in [6, 6.07) is 49.5. The quantitative estimate of drug-likeness (QED) is 0.181. The lowest BCUT2D eigenvalue weighted by Gasteiger charge is -2.21. The van der Waals surface area contributed by atoms with Gasteiger partial charge in [-0.1, -0.05) is 122 Å². The van der Waals surface area contributed by atoms with Crippen molar-refractivity contribution in [3.05, 3.63) is 162 Å². The number of benzene rings is 5. The van der Waals surface area contributed by atoms with Crippen LogP contribution in [0.4, 0.5) is 0 Å². The van der Waals surface area contributed by atoms with Gasteiger partial charge in [-0.3, -0.25) is 4.98 Å². The summed E-state index contributed by atoms with van der Waals surface area (Å²) in [7, 11) is 0. The van der Waals surface area contributed by atoms with E-state index >= 15 is 0 Å². The van der Waals surface area contributed by atoms with Gasteiger partial charge in [-0.25, -0.2) is 9.97 Å². The number of pyridine rings is 3. The van der Waals surface area contributed by atoms with Crippen molar-refractivity contribution in [1.82, 2.24) is 15.0 Å². The van der Waals surface area contributed by atoms with Crippen molar-refractivity contribution in [3.8, 4) is 33.6 Å². The first-order chi connectivity index (χ1) is 22.7. The molecule has 3 nitrogen and oxygen atoms in total. The van der Waals surface area contributed by atoms with Crippen molar-refractivity contribution in [2.45, 2.75) is 26.2 Å². The Bertz CT molecular complexity index is 2360. The van der Waals surface area contributed by atoms with Gasteiger partial charge in [0.2, 0.25) is 0 Å². The smallest absolute Gasteiger partial charge is 0.0972 e. The van der Waals surface area contributed by atoms with E-state index in [0.717, 1.165) is 61.6 Å². The maximum Gasteiger partial charge on any atom is 0.0972 e. The maximum absolute atomic E-state index is 5.17. The van der Waals surface area contributed by atoms with Crippen LogP contribution < -0.4 is 0 Å². The standard InChI is InChI=1S/C43H33N3/c1-3-36(38-13-7-12-37(28(38)2)35-21-18-31-11-8-26-44-41(31)27-35)29-14-16-32(17-15-29)40-25-23-34-20-19-33-22-24-39(30-9-5-4-6-10-30)45-42(33)43(34)46-40/h4-27,36H,3H2,1-2H3. The van der Waals surface area contributed by atoms with Crippen molar-refractivity contribution in [2.75, 3.05) is 0 Å². The number of hydrogen-bond acceptors (Lipinski definition) is 3. The van der Waals surface area contributed by atoms with Gasteiger partial charge in [-0.2, -0.15) is 0 Å². The minimum absolute atomic E-state index is 0.293. The van der Waals surface area contributed by atoms with Crippen molar-refractivity contribution >= 4 is 32.7 Å². The van der Waals surface area contributed by atoms with Crippen LogP contribution in [0.3, 0.4) is 0 Å². The average molecular weight is 592 g/mol. The lowest BCUT2D eigenvalue weighted by atomic mass is 9.83. The van der Waals surface area contributed by atoms with E-state index in [1.165, 1.54) is 27.8 Å². The van der Waals surface area contributed by atoms with Crippen LogP contribution in [0.2, 0.25) is 0 Å². The molecule has 5 aromatic carbocycles. The maximum atomic E-state index is 5.17. The van der Waals surface area contributed by atoms with Gasteiger partial charge in [-0.05, 0) is 65.4 Å². The average Bonchev–Trinajstić information content (AvgIpc) is 3.12. The Hall–Kier alpha value is -5.67. The van der Waals surface area contributed by atoms with Crippen LogP contribution in [0.15, 0.2) is 146 Å². The van der Waals surface area contributed by atoms with E-state index in [1.54, 1.807) is 0 Å². The molecule has 0 spiro atoms. The van der Waals surface area contributed by atoms with Gasteiger partial charge < -0.3 is 0 Å². The summed E-state index contributed by atoms with van der Waals surface area (Å²) in [5.74, 6) is 0.293. The van der Waals surface area contributed by atoms with Crippen molar-refractivity contribution in [3.63, 3.8) is 0 Å². The predicted octanol–water partition coefficient (Wildman–Crippen LogP) is 11.2. The molecule has 0 fully saturated rings. The highest BCUT2D eigenvalue weighted by molar-refractivity contribution is 6.04. The largest absolute Gasteiger partial charge is 0.256 e. The minimum Gasteiger partial charge on any atom is -0.256 e.